The second-order valence-electron chi connectivity index (χ2n) is 21.0. The largest absolute Gasteiger partial charge is 0.379 e. The van der Waals surface area contributed by atoms with Crippen LogP contribution in [0.4, 0.5) is 8.78 Å². The van der Waals surface area contributed by atoms with Gasteiger partial charge in [0.15, 0.2) is 5.78 Å². The van der Waals surface area contributed by atoms with Gasteiger partial charge in [0.05, 0.1) is 64.0 Å². The van der Waals surface area contributed by atoms with Crippen molar-refractivity contribution in [2.45, 2.75) is 105 Å². The van der Waals surface area contributed by atoms with Crippen molar-refractivity contribution in [3.05, 3.63) is 125 Å². The number of benzene rings is 3. The van der Waals surface area contributed by atoms with Gasteiger partial charge in [-0.1, -0.05) is 77.1 Å². The molecule has 0 aliphatic carbocycles. The topological polar surface area (TPSA) is 219 Å². The Hall–Kier alpha value is -6.64. The lowest BCUT2D eigenvalue weighted by molar-refractivity contribution is -0.137. The van der Waals surface area contributed by atoms with E-state index in [1.165, 1.54) is 12.2 Å². The van der Waals surface area contributed by atoms with Crippen LogP contribution in [0.15, 0.2) is 91.1 Å². The van der Waals surface area contributed by atoms with E-state index in [2.05, 4.69) is 5.32 Å². The Labute approximate surface area is 462 Å². The van der Waals surface area contributed by atoms with Gasteiger partial charge in [0.1, 0.15) is 29.0 Å². The zero-order valence-corrected chi connectivity index (χ0v) is 46.5. The number of carbonyl (C=O) groups is 7. The number of nitrogens with one attached hydrogen (secondary N) is 1. The Kier molecular flexibility index (Phi) is 25.5. The molecule has 0 bridgehead atoms. The normalized spacial score (nSPS) is 13.7. The summed E-state index contributed by atoms with van der Waals surface area (Å²) in [6, 6.07) is 18.1. The molecule has 19 heteroatoms. The molecule has 428 valence electrons. The summed E-state index contributed by atoms with van der Waals surface area (Å²) in [5.41, 5.74) is 7.57. The van der Waals surface area contributed by atoms with Gasteiger partial charge in [-0.15, -0.1) is 0 Å². The maximum Gasteiger partial charge on any atom is 0.254 e. The molecule has 0 radical (unpaired) electrons. The number of carbonyl (C=O) groups excluding carboxylic acids is 7. The fourth-order valence-electron chi connectivity index (χ4n) is 8.98. The zero-order valence-electron chi connectivity index (χ0n) is 46.5. The lowest BCUT2D eigenvalue weighted by Crippen LogP contribution is -2.44. The lowest BCUT2D eigenvalue weighted by Gasteiger charge is -2.40. The second kappa shape index (κ2) is 31.8. The Morgan fingerprint density at radius 1 is 0.734 bits per heavy atom. The minimum atomic E-state index is -0.856. The summed E-state index contributed by atoms with van der Waals surface area (Å²) in [6.45, 7) is 14.8. The molecule has 3 aromatic carbocycles. The minimum Gasteiger partial charge on any atom is -0.379 e. The summed E-state index contributed by atoms with van der Waals surface area (Å²) in [5.74, 6) is -3.54. The van der Waals surface area contributed by atoms with E-state index < -0.39 is 52.8 Å². The number of hydrogen-bond acceptors (Lipinski definition) is 13. The number of nitrogens with zero attached hydrogens (tertiary/aromatic N) is 4. The number of rotatable bonds is 36. The van der Waals surface area contributed by atoms with Gasteiger partial charge in [-0.3, -0.25) is 38.5 Å². The van der Waals surface area contributed by atoms with Crippen LogP contribution in [0.1, 0.15) is 113 Å². The van der Waals surface area contributed by atoms with Crippen LogP contribution in [0.2, 0.25) is 0 Å². The molecule has 4 amide bonds. The molecule has 17 nitrogen and oxygen atoms in total. The predicted octanol–water partition coefficient (Wildman–Crippen LogP) is 7.42. The third-order valence-electron chi connectivity index (χ3n) is 13.4. The van der Waals surface area contributed by atoms with Crippen LogP contribution < -0.4 is 11.1 Å². The van der Waals surface area contributed by atoms with Crippen molar-refractivity contribution in [3.63, 3.8) is 0 Å². The number of hydrogen-bond donors (Lipinski definition) is 2. The highest BCUT2D eigenvalue weighted by atomic mass is 19.1. The summed E-state index contributed by atoms with van der Waals surface area (Å²) in [6.07, 6.45) is 5.57. The van der Waals surface area contributed by atoms with Gasteiger partial charge in [0, 0.05) is 93.7 Å². The van der Waals surface area contributed by atoms with E-state index >= 15 is 4.39 Å². The molecular weight excluding hydrogens is 1020 g/mol. The van der Waals surface area contributed by atoms with Gasteiger partial charge in [-0.05, 0) is 79.1 Å². The van der Waals surface area contributed by atoms with Crippen LogP contribution in [-0.4, -0.2) is 139 Å². The molecule has 1 aromatic heterocycles. The van der Waals surface area contributed by atoms with E-state index in [1.807, 2.05) is 69.5 Å². The number of amides is 4. The van der Waals surface area contributed by atoms with E-state index in [9.17, 15) is 38.0 Å². The van der Waals surface area contributed by atoms with Crippen molar-refractivity contribution in [1.29, 1.82) is 0 Å². The Bertz CT molecular complexity index is 2670. The van der Waals surface area contributed by atoms with Gasteiger partial charge in [0.2, 0.25) is 5.91 Å². The van der Waals surface area contributed by atoms with E-state index in [-0.39, 0.29) is 92.4 Å². The number of ketones is 3. The standard InChI is InChI=1S/C60H78F2N6O11/c1-41(2)49(38-48(70)24-29-77-31-33-79-35-34-78-32-30-76-28-10-14-47(69)23-27-67-54(72)21-22-55(67)73)58(74)64-42(3)53(71)36-43-15-17-45(18-16-43)59(75)68(26-11-25-63)56(60(4,5)6)57-65-52(50-37-46(61)19-20-51(50)62)40-66(57)39-44-12-8-7-9-13-44/h7-9,12-13,15-22,37,40-42,49,56H,10-11,14,23-36,38-39,63H2,1-6H3,(H,64,74)/t42-,49-,56-/m0/s1. The maximum atomic E-state index is 15.2. The molecule has 0 fully saturated rings. The molecule has 79 heavy (non-hydrogen) atoms. The molecule has 0 unspecified atom stereocenters. The van der Waals surface area contributed by atoms with Crippen LogP contribution in [0.3, 0.4) is 0 Å². The molecule has 1 aliphatic rings. The molecule has 1 aliphatic heterocycles. The molecule has 0 saturated heterocycles. The van der Waals surface area contributed by atoms with Gasteiger partial charge < -0.3 is 39.5 Å². The molecule has 0 saturated carbocycles. The van der Waals surface area contributed by atoms with Crippen LogP contribution >= 0.6 is 0 Å². The Balaban J connectivity index is 1.04. The summed E-state index contributed by atoms with van der Waals surface area (Å²) in [5, 5.41) is 2.81. The van der Waals surface area contributed by atoms with Crippen LogP contribution in [0, 0.1) is 28.9 Å². The molecule has 0 spiro atoms. The molecule has 2 heterocycles. The Morgan fingerprint density at radius 3 is 1.96 bits per heavy atom. The first kappa shape index (κ1) is 63.2. The number of halogens is 2. The first-order valence-electron chi connectivity index (χ1n) is 27.1. The summed E-state index contributed by atoms with van der Waals surface area (Å²) >= 11 is 0. The van der Waals surface area contributed by atoms with Crippen molar-refractivity contribution in [2.24, 2.45) is 23.0 Å². The third kappa shape index (κ3) is 20.2. The fourth-order valence-corrected chi connectivity index (χ4v) is 8.98. The first-order chi connectivity index (χ1) is 37.8. The lowest BCUT2D eigenvalue weighted by atomic mass is 9.84. The second-order valence-corrected chi connectivity index (χ2v) is 21.0. The van der Waals surface area contributed by atoms with Crippen LogP contribution in [0.25, 0.3) is 11.3 Å². The highest BCUT2D eigenvalue weighted by Crippen LogP contribution is 2.40. The highest BCUT2D eigenvalue weighted by molar-refractivity contribution is 6.13. The van der Waals surface area contributed by atoms with Gasteiger partial charge >= 0.3 is 0 Å². The fraction of sp³-hybridized carbons (Fsp3) is 0.500. The first-order valence-corrected chi connectivity index (χ1v) is 27.1. The van der Waals surface area contributed by atoms with E-state index in [1.54, 1.807) is 42.3 Å². The number of Topliss-reactive ketones (excluding diaryl/α,β-unsaturated/α-hetero) is 3. The van der Waals surface area contributed by atoms with Crippen LogP contribution in [-0.2, 0) is 60.7 Å². The van der Waals surface area contributed by atoms with Crippen molar-refractivity contribution in [3.8, 4) is 11.3 Å². The monoisotopic (exact) mass is 1100 g/mol. The zero-order chi connectivity index (χ0) is 57.5. The molecule has 3 N–H and O–H groups in total. The van der Waals surface area contributed by atoms with Crippen molar-refractivity contribution < 1.29 is 61.3 Å². The number of imide groups is 1. The third-order valence-corrected chi connectivity index (χ3v) is 13.4. The molecule has 4 aromatic rings. The predicted molar refractivity (Wildman–Crippen MR) is 293 cm³/mol. The molecule has 3 atom stereocenters. The van der Waals surface area contributed by atoms with Crippen molar-refractivity contribution >= 4 is 41.0 Å². The van der Waals surface area contributed by atoms with Gasteiger partial charge in [-0.25, -0.2) is 13.8 Å². The SMILES string of the molecule is CC(C)[C@H](CC(=O)CCOCCOCCOCCOCCCC(=O)CCN1C(=O)C=CC1=O)C(=O)N[C@@H](C)C(=O)Cc1ccc(C(=O)N(CCCN)[C@@H](c2nc(-c3cc(F)ccc3F)cn2Cc2ccccc2)C(C)(C)C)cc1. The van der Waals surface area contributed by atoms with E-state index in [0.29, 0.717) is 88.9 Å². The smallest absolute Gasteiger partial charge is 0.254 e. The highest BCUT2D eigenvalue weighted by Gasteiger charge is 2.39. The summed E-state index contributed by atoms with van der Waals surface area (Å²) in [7, 11) is 0. The summed E-state index contributed by atoms with van der Waals surface area (Å²) < 4.78 is 53.7. The number of nitrogens with two attached hydrogens (primary N) is 1. The molecule has 5 rings (SSSR count). The molecular formula is C60H78F2N6O11. The summed E-state index contributed by atoms with van der Waals surface area (Å²) in [4.78, 5) is 97.6. The Morgan fingerprint density at radius 2 is 1.35 bits per heavy atom. The number of imidazole rings is 1. The number of ether oxygens (including phenoxy) is 4. The van der Waals surface area contributed by atoms with Crippen molar-refractivity contribution in [1.82, 2.24) is 24.7 Å². The van der Waals surface area contributed by atoms with Crippen LogP contribution in [0.5, 0.6) is 0 Å². The average Bonchev–Trinajstić information content (AvgIpc) is 4.06. The quantitative estimate of drug-likeness (QED) is 0.0335. The van der Waals surface area contributed by atoms with Crippen molar-refractivity contribution in [2.75, 3.05) is 72.5 Å². The van der Waals surface area contributed by atoms with E-state index in [0.717, 1.165) is 28.7 Å². The van der Waals surface area contributed by atoms with Gasteiger partial charge in [0.25, 0.3) is 17.7 Å². The maximum absolute atomic E-state index is 15.2. The van der Waals surface area contributed by atoms with E-state index in [4.69, 9.17) is 29.7 Å². The minimum absolute atomic E-state index is 0.000271. The number of aromatic nitrogens is 2. The van der Waals surface area contributed by atoms with Gasteiger partial charge in [-0.2, -0.15) is 0 Å². The average molecular weight is 1100 g/mol.